The molecule has 0 aliphatic carbocycles. The molecule has 7 nitrogen and oxygen atoms in total. The van der Waals surface area contributed by atoms with Gasteiger partial charge in [-0.2, -0.15) is 0 Å². The average molecular weight is 443 g/mol. The number of rotatable bonds is 9. The number of carboxylic acids is 1. The summed E-state index contributed by atoms with van der Waals surface area (Å²) in [6.45, 7) is 2.71. The standard InChI is InChI=1S/C23H27ClN4O3/c1-15(23(29)30)25-12-17-5-8-18(24)11-21(17)31-19-9-6-16(7-10-19)20-13-26-22(28(20)4)14-27(2)3/h5-11,13,15,25H,12,14H2,1-4H3,(H,29,30). The molecule has 31 heavy (non-hydrogen) atoms. The molecule has 3 aromatic rings. The lowest BCUT2D eigenvalue weighted by Crippen LogP contribution is -2.33. The van der Waals surface area contributed by atoms with Gasteiger partial charge in [0.05, 0.1) is 18.4 Å². The largest absolute Gasteiger partial charge is 0.480 e. The molecule has 1 heterocycles. The molecule has 164 valence electrons. The van der Waals surface area contributed by atoms with E-state index in [9.17, 15) is 4.79 Å². The molecule has 0 saturated carbocycles. The summed E-state index contributed by atoms with van der Waals surface area (Å²) >= 11 is 6.15. The van der Waals surface area contributed by atoms with Gasteiger partial charge in [0, 0.05) is 29.7 Å². The maximum absolute atomic E-state index is 11.1. The summed E-state index contributed by atoms with van der Waals surface area (Å²) in [5, 5.41) is 12.6. The van der Waals surface area contributed by atoms with E-state index in [4.69, 9.17) is 21.4 Å². The lowest BCUT2D eigenvalue weighted by atomic mass is 10.1. The molecule has 0 amide bonds. The fourth-order valence-electron chi connectivity index (χ4n) is 3.09. The van der Waals surface area contributed by atoms with E-state index in [1.165, 1.54) is 0 Å². The molecular weight excluding hydrogens is 416 g/mol. The molecule has 0 aliphatic heterocycles. The second kappa shape index (κ2) is 9.96. The third-order valence-corrected chi connectivity index (χ3v) is 5.15. The number of nitrogens with zero attached hydrogens (tertiary/aromatic N) is 3. The van der Waals surface area contributed by atoms with Crippen LogP contribution < -0.4 is 10.1 Å². The Kier molecular flexibility index (Phi) is 7.33. The molecule has 0 bridgehead atoms. The second-order valence-corrected chi connectivity index (χ2v) is 8.11. The highest BCUT2D eigenvalue weighted by molar-refractivity contribution is 6.30. The number of hydrogen-bond acceptors (Lipinski definition) is 5. The van der Waals surface area contributed by atoms with Crippen LogP contribution in [0.3, 0.4) is 0 Å². The minimum atomic E-state index is -0.907. The van der Waals surface area contributed by atoms with Crippen molar-refractivity contribution in [2.24, 2.45) is 7.05 Å². The summed E-state index contributed by atoms with van der Waals surface area (Å²) in [5.41, 5.74) is 2.89. The van der Waals surface area contributed by atoms with Gasteiger partial charge in [-0.15, -0.1) is 0 Å². The summed E-state index contributed by atoms with van der Waals surface area (Å²) in [7, 11) is 6.04. The van der Waals surface area contributed by atoms with Crippen LogP contribution in [0, 0.1) is 0 Å². The molecule has 1 aromatic heterocycles. The van der Waals surface area contributed by atoms with Gasteiger partial charge in [-0.1, -0.05) is 17.7 Å². The molecular formula is C23H27ClN4O3. The van der Waals surface area contributed by atoms with E-state index in [1.54, 1.807) is 19.1 Å². The smallest absolute Gasteiger partial charge is 0.320 e. The van der Waals surface area contributed by atoms with Gasteiger partial charge >= 0.3 is 5.97 Å². The average Bonchev–Trinajstić information content (AvgIpc) is 3.07. The highest BCUT2D eigenvalue weighted by Gasteiger charge is 2.13. The number of imidazole rings is 1. The molecule has 8 heteroatoms. The Bertz CT molecular complexity index is 1050. The van der Waals surface area contributed by atoms with Crippen molar-refractivity contribution >= 4 is 17.6 Å². The third kappa shape index (κ3) is 5.85. The van der Waals surface area contributed by atoms with E-state index in [0.29, 0.717) is 23.1 Å². The summed E-state index contributed by atoms with van der Waals surface area (Å²) in [5.74, 6) is 1.33. The Balaban J connectivity index is 1.76. The molecule has 2 aromatic carbocycles. The van der Waals surface area contributed by atoms with Crippen molar-refractivity contribution < 1.29 is 14.6 Å². The number of nitrogens with one attached hydrogen (secondary N) is 1. The van der Waals surface area contributed by atoms with Gasteiger partial charge < -0.3 is 24.6 Å². The lowest BCUT2D eigenvalue weighted by molar-refractivity contribution is -0.139. The summed E-state index contributed by atoms with van der Waals surface area (Å²) in [4.78, 5) is 17.7. The predicted molar refractivity (Wildman–Crippen MR) is 121 cm³/mol. The SMILES string of the molecule is CC(NCc1ccc(Cl)cc1Oc1ccc(-c2cnc(CN(C)C)n2C)cc1)C(=O)O. The third-order valence-electron chi connectivity index (χ3n) is 4.92. The number of carbonyl (C=O) groups is 1. The number of benzene rings is 2. The number of hydrogen-bond donors (Lipinski definition) is 2. The van der Waals surface area contributed by atoms with Gasteiger partial charge in [-0.05, 0) is 57.4 Å². The van der Waals surface area contributed by atoms with Crippen LogP contribution in [0.2, 0.25) is 5.02 Å². The van der Waals surface area contributed by atoms with Crippen LogP contribution in [0.5, 0.6) is 11.5 Å². The maximum atomic E-state index is 11.1. The molecule has 1 unspecified atom stereocenters. The first-order valence-electron chi connectivity index (χ1n) is 9.93. The van der Waals surface area contributed by atoms with Crippen molar-refractivity contribution in [3.05, 3.63) is 65.1 Å². The van der Waals surface area contributed by atoms with Gasteiger partial charge in [0.1, 0.15) is 23.4 Å². The molecule has 0 fully saturated rings. The van der Waals surface area contributed by atoms with Gasteiger partial charge in [0.15, 0.2) is 0 Å². The monoisotopic (exact) mass is 442 g/mol. The minimum Gasteiger partial charge on any atom is -0.480 e. The molecule has 0 radical (unpaired) electrons. The van der Waals surface area contributed by atoms with Gasteiger partial charge in [0.25, 0.3) is 0 Å². The topological polar surface area (TPSA) is 79.6 Å². The molecule has 0 spiro atoms. The number of aliphatic carboxylic acids is 1. The molecule has 2 N–H and O–H groups in total. The second-order valence-electron chi connectivity index (χ2n) is 7.68. The lowest BCUT2D eigenvalue weighted by Gasteiger charge is -2.15. The molecule has 0 aliphatic rings. The van der Waals surface area contributed by atoms with Crippen molar-refractivity contribution in [3.63, 3.8) is 0 Å². The van der Waals surface area contributed by atoms with Crippen molar-refractivity contribution in [3.8, 4) is 22.8 Å². The Morgan fingerprint density at radius 2 is 1.97 bits per heavy atom. The van der Waals surface area contributed by atoms with E-state index in [0.717, 1.165) is 29.2 Å². The zero-order valence-electron chi connectivity index (χ0n) is 18.1. The molecule has 3 rings (SSSR count). The first kappa shape index (κ1) is 22.8. The van der Waals surface area contributed by atoms with Gasteiger partial charge in [0.2, 0.25) is 0 Å². The fraction of sp³-hybridized carbons (Fsp3) is 0.304. The number of ether oxygens (including phenoxy) is 1. The Morgan fingerprint density at radius 3 is 2.61 bits per heavy atom. The van der Waals surface area contributed by atoms with E-state index in [2.05, 4.69) is 19.8 Å². The first-order valence-corrected chi connectivity index (χ1v) is 10.3. The van der Waals surface area contributed by atoms with Gasteiger partial charge in [-0.25, -0.2) is 4.98 Å². The van der Waals surface area contributed by atoms with Crippen LogP contribution >= 0.6 is 11.6 Å². The highest BCUT2D eigenvalue weighted by Crippen LogP contribution is 2.30. The summed E-state index contributed by atoms with van der Waals surface area (Å²) < 4.78 is 8.14. The van der Waals surface area contributed by atoms with Crippen LogP contribution in [-0.2, 0) is 24.9 Å². The number of carboxylic acid groups (broad SMARTS) is 1. The van der Waals surface area contributed by atoms with E-state index in [-0.39, 0.29) is 0 Å². The number of halogens is 1. The summed E-state index contributed by atoms with van der Waals surface area (Å²) in [6, 6.07) is 12.4. The normalized spacial score (nSPS) is 12.2. The zero-order valence-corrected chi connectivity index (χ0v) is 18.8. The minimum absolute atomic E-state index is 0.349. The van der Waals surface area contributed by atoms with Crippen LogP contribution in [0.1, 0.15) is 18.3 Å². The Labute approximate surface area is 187 Å². The van der Waals surface area contributed by atoms with E-state index < -0.39 is 12.0 Å². The van der Waals surface area contributed by atoms with Gasteiger partial charge in [-0.3, -0.25) is 4.79 Å². The maximum Gasteiger partial charge on any atom is 0.320 e. The van der Waals surface area contributed by atoms with E-state index >= 15 is 0 Å². The van der Waals surface area contributed by atoms with Crippen molar-refractivity contribution in [1.82, 2.24) is 19.8 Å². The predicted octanol–water partition coefficient (Wildman–Crippen LogP) is 4.16. The molecule has 0 saturated heterocycles. The zero-order chi connectivity index (χ0) is 22.5. The van der Waals surface area contributed by atoms with Crippen LogP contribution in [0.4, 0.5) is 0 Å². The Hall–Kier alpha value is -2.87. The van der Waals surface area contributed by atoms with Crippen molar-refractivity contribution in [1.29, 1.82) is 0 Å². The van der Waals surface area contributed by atoms with Crippen molar-refractivity contribution in [2.75, 3.05) is 14.1 Å². The van der Waals surface area contributed by atoms with Crippen molar-refractivity contribution in [2.45, 2.75) is 26.1 Å². The van der Waals surface area contributed by atoms with Crippen LogP contribution in [0.15, 0.2) is 48.7 Å². The Morgan fingerprint density at radius 1 is 1.26 bits per heavy atom. The highest BCUT2D eigenvalue weighted by atomic mass is 35.5. The van der Waals surface area contributed by atoms with E-state index in [1.807, 2.05) is 57.7 Å². The first-order chi connectivity index (χ1) is 14.7. The number of aromatic nitrogens is 2. The fourth-order valence-corrected chi connectivity index (χ4v) is 3.25. The van der Waals surface area contributed by atoms with Crippen LogP contribution in [0.25, 0.3) is 11.3 Å². The molecule has 1 atom stereocenters. The summed E-state index contributed by atoms with van der Waals surface area (Å²) in [6.07, 6.45) is 1.87. The van der Waals surface area contributed by atoms with Crippen LogP contribution in [-0.4, -0.2) is 45.7 Å². The quantitative estimate of drug-likeness (QED) is 0.518.